The van der Waals surface area contributed by atoms with E-state index in [0.29, 0.717) is 41.0 Å². The van der Waals surface area contributed by atoms with Crippen LogP contribution in [0.25, 0.3) is 0 Å². The van der Waals surface area contributed by atoms with Gasteiger partial charge in [0.2, 0.25) is 0 Å². The van der Waals surface area contributed by atoms with Crippen molar-refractivity contribution in [1.82, 2.24) is 5.43 Å². The summed E-state index contributed by atoms with van der Waals surface area (Å²) < 4.78 is 50.6. The van der Waals surface area contributed by atoms with E-state index in [2.05, 4.69) is 10.5 Å². The third kappa shape index (κ3) is 8.21. The molecule has 1 amide bonds. The average molecular weight is 638 g/mol. The highest BCUT2D eigenvalue weighted by atomic mass is 35.5. The van der Waals surface area contributed by atoms with Crippen LogP contribution in [0.1, 0.15) is 18.1 Å². The molecule has 0 atom stereocenters. The molecule has 0 saturated carbocycles. The van der Waals surface area contributed by atoms with E-state index in [-0.39, 0.29) is 16.3 Å². The lowest BCUT2D eigenvalue weighted by molar-refractivity contribution is -0.119. The first kappa shape index (κ1) is 32.2. The van der Waals surface area contributed by atoms with Crippen molar-refractivity contribution in [3.63, 3.8) is 0 Å². The summed E-state index contributed by atoms with van der Waals surface area (Å²) in [6.45, 7) is 1.99. The number of carbonyl (C=O) groups is 1. The van der Waals surface area contributed by atoms with Crippen LogP contribution in [0.15, 0.2) is 101 Å². The number of benzene rings is 4. The van der Waals surface area contributed by atoms with Crippen molar-refractivity contribution in [2.45, 2.75) is 18.4 Å². The van der Waals surface area contributed by atoms with Crippen LogP contribution in [-0.4, -0.2) is 47.9 Å². The zero-order valence-corrected chi connectivity index (χ0v) is 26.0. The molecule has 0 aliphatic heterocycles. The first-order valence-corrected chi connectivity index (χ1v) is 15.3. The molecule has 0 heterocycles. The number of halogens is 1. The van der Waals surface area contributed by atoms with Crippen molar-refractivity contribution >= 4 is 39.4 Å². The average Bonchev–Trinajstić information content (AvgIpc) is 3.03. The van der Waals surface area contributed by atoms with Crippen LogP contribution in [0.4, 0.5) is 5.69 Å². The fourth-order valence-corrected chi connectivity index (χ4v) is 5.80. The molecular formula is C32H32ClN3O7S. The number of nitrogens with zero attached hydrogens (tertiary/aromatic N) is 2. The van der Waals surface area contributed by atoms with E-state index in [9.17, 15) is 13.2 Å². The van der Waals surface area contributed by atoms with Crippen LogP contribution in [0.5, 0.6) is 23.0 Å². The highest BCUT2D eigenvalue weighted by Crippen LogP contribution is 2.35. The first-order valence-electron chi connectivity index (χ1n) is 13.5. The summed E-state index contributed by atoms with van der Waals surface area (Å²) in [5.41, 5.74) is 4.09. The number of rotatable bonds is 14. The molecule has 0 aliphatic rings. The van der Waals surface area contributed by atoms with Crippen molar-refractivity contribution < 1.29 is 32.2 Å². The van der Waals surface area contributed by atoms with Gasteiger partial charge in [-0.3, -0.25) is 9.10 Å². The smallest absolute Gasteiger partial charge is 0.264 e. The maximum atomic E-state index is 13.7. The molecule has 12 heteroatoms. The summed E-state index contributed by atoms with van der Waals surface area (Å²) in [4.78, 5) is 13.0. The molecule has 0 radical (unpaired) electrons. The lowest BCUT2D eigenvalue weighted by Gasteiger charge is -2.25. The number of hydrazone groups is 1. The second-order valence-corrected chi connectivity index (χ2v) is 11.5. The molecule has 0 spiro atoms. The van der Waals surface area contributed by atoms with Gasteiger partial charge in [-0.25, -0.2) is 13.8 Å². The zero-order chi connectivity index (χ0) is 31.5. The van der Waals surface area contributed by atoms with Gasteiger partial charge in [0, 0.05) is 11.1 Å². The fraction of sp³-hybridized carbons (Fsp3) is 0.188. The summed E-state index contributed by atoms with van der Waals surface area (Å²) >= 11 is 6.07. The standard InChI is InChI=1S/C32H32ClN3O7S/c1-4-42-31-18-23(13-16-29(31)43-22-24-9-8-10-25(33)17-24)20-34-35-32(37)21-36(44(38,39)27-11-6-5-7-12-27)28-15-14-26(40-2)19-30(28)41-3/h5-20H,4,21-22H2,1-3H3,(H,35,37)/b34-20-. The third-order valence-corrected chi connectivity index (χ3v) is 8.24. The lowest BCUT2D eigenvalue weighted by atomic mass is 10.2. The van der Waals surface area contributed by atoms with Gasteiger partial charge in [0.1, 0.15) is 24.7 Å². The summed E-state index contributed by atoms with van der Waals surface area (Å²) in [5.74, 6) is 1.02. The zero-order valence-electron chi connectivity index (χ0n) is 24.4. The van der Waals surface area contributed by atoms with Crippen LogP contribution < -0.4 is 28.7 Å². The van der Waals surface area contributed by atoms with Crippen molar-refractivity contribution in [1.29, 1.82) is 0 Å². The number of hydrogen-bond donors (Lipinski definition) is 1. The number of anilines is 1. The Morgan fingerprint density at radius 3 is 2.39 bits per heavy atom. The second-order valence-electron chi connectivity index (χ2n) is 9.21. The van der Waals surface area contributed by atoms with Crippen molar-refractivity contribution in [3.8, 4) is 23.0 Å². The number of methoxy groups -OCH3 is 2. The van der Waals surface area contributed by atoms with E-state index in [1.165, 1.54) is 44.7 Å². The van der Waals surface area contributed by atoms with E-state index in [4.69, 9.17) is 30.5 Å². The summed E-state index contributed by atoms with van der Waals surface area (Å²) in [7, 11) is -1.27. The van der Waals surface area contributed by atoms with Gasteiger partial charge in [0.25, 0.3) is 15.9 Å². The molecule has 44 heavy (non-hydrogen) atoms. The Morgan fingerprint density at radius 1 is 0.886 bits per heavy atom. The van der Waals surface area contributed by atoms with Gasteiger partial charge >= 0.3 is 0 Å². The molecule has 4 aromatic carbocycles. The Kier molecular flexibility index (Phi) is 11.1. The molecule has 230 valence electrons. The summed E-state index contributed by atoms with van der Waals surface area (Å²) in [5, 5.41) is 4.66. The Balaban J connectivity index is 1.51. The van der Waals surface area contributed by atoms with Crippen molar-refractivity contribution in [2.75, 3.05) is 31.7 Å². The van der Waals surface area contributed by atoms with Gasteiger partial charge in [-0.05, 0) is 72.6 Å². The predicted molar refractivity (Wildman–Crippen MR) is 170 cm³/mol. The van der Waals surface area contributed by atoms with Crippen LogP contribution in [0.2, 0.25) is 5.02 Å². The highest BCUT2D eigenvalue weighted by Gasteiger charge is 2.29. The van der Waals surface area contributed by atoms with Gasteiger partial charge in [-0.15, -0.1) is 0 Å². The van der Waals surface area contributed by atoms with Crippen molar-refractivity contribution in [3.05, 3.63) is 107 Å². The first-order chi connectivity index (χ1) is 21.2. The Morgan fingerprint density at radius 2 is 1.68 bits per heavy atom. The Hall–Kier alpha value is -4.74. The quantitative estimate of drug-likeness (QED) is 0.140. The normalized spacial score (nSPS) is 11.2. The van der Waals surface area contributed by atoms with Gasteiger partial charge in [-0.1, -0.05) is 41.9 Å². The number of sulfonamides is 1. The molecule has 0 fully saturated rings. The van der Waals surface area contributed by atoms with E-state index < -0.39 is 22.5 Å². The van der Waals surface area contributed by atoms with Gasteiger partial charge in [0.15, 0.2) is 11.5 Å². The summed E-state index contributed by atoms with van der Waals surface area (Å²) in [6, 6.07) is 25.0. The second kappa shape index (κ2) is 15.1. The van der Waals surface area contributed by atoms with Gasteiger partial charge in [-0.2, -0.15) is 5.10 Å². The molecule has 0 aromatic heterocycles. The SMILES string of the molecule is CCOc1cc(/C=N\NC(=O)CN(c2ccc(OC)cc2OC)S(=O)(=O)c2ccccc2)ccc1OCc1cccc(Cl)c1. The van der Waals surface area contributed by atoms with E-state index >= 15 is 0 Å². The number of hydrogen-bond acceptors (Lipinski definition) is 8. The molecule has 1 N–H and O–H groups in total. The Labute approximate surface area is 261 Å². The van der Waals surface area contributed by atoms with E-state index in [1.807, 2.05) is 25.1 Å². The van der Waals surface area contributed by atoms with Crippen LogP contribution in [0, 0.1) is 0 Å². The molecule has 0 unspecified atom stereocenters. The predicted octanol–water partition coefficient (Wildman–Crippen LogP) is 5.68. The molecule has 4 aromatic rings. The number of amides is 1. The van der Waals surface area contributed by atoms with Gasteiger partial charge in [0.05, 0.1) is 37.6 Å². The maximum absolute atomic E-state index is 13.7. The minimum Gasteiger partial charge on any atom is -0.497 e. The van der Waals surface area contributed by atoms with Gasteiger partial charge < -0.3 is 18.9 Å². The van der Waals surface area contributed by atoms with Crippen molar-refractivity contribution in [2.24, 2.45) is 5.10 Å². The third-order valence-electron chi connectivity index (χ3n) is 6.23. The lowest BCUT2D eigenvalue weighted by Crippen LogP contribution is -2.39. The van der Waals surface area contributed by atoms with Crippen LogP contribution in [-0.2, 0) is 21.4 Å². The number of nitrogens with one attached hydrogen (secondary N) is 1. The minimum atomic E-state index is -4.16. The summed E-state index contributed by atoms with van der Waals surface area (Å²) in [6.07, 6.45) is 1.42. The molecule has 0 aliphatic carbocycles. The molecule has 0 saturated heterocycles. The number of carbonyl (C=O) groups excluding carboxylic acids is 1. The molecule has 10 nitrogen and oxygen atoms in total. The molecular weight excluding hydrogens is 606 g/mol. The molecule has 4 rings (SSSR count). The van der Waals surface area contributed by atoms with Crippen LogP contribution >= 0.6 is 11.6 Å². The largest absolute Gasteiger partial charge is 0.497 e. The monoisotopic (exact) mass is 637 g/mol. The fourth-order valence-electron chi connectivity index (χ4n) is 4.14. The highest BCUT2D eigenvalue weighted by molar-refractivity contribution is 7.92. The number of ether oxygens (including phenoxy) is 4. The van der Waals surface area contributed by atoms with E-state index in [0.717, 1.165) is 9.87 Å². The molecule has 0 bridgehead atoms. The maximum Gasteiger partial charge on any atom is 0.264 e. The Bertz CT molecular complexity index is 1720. The van der Waals surface area contributed by atoms with Crippen LogP contribution in [0.3, 0.4) is 0 Å². The topological polar surface area (TPSA) is 116 Å². The minimum absolute atomic E-state index is 0.00953. The van der Waals surface area contributed by atoms with E-state index in [1.54, 1.807) is 48.5 Å².